The second kappa shape index (κ2) is 9.48. The Labute approximate surface area is 192 Å². The van der Waals surface area contributed by atoms with E-state index in [-0.39, 0.29) is 17.5 Å². The second-order valence-electron chi connectivity index (χ2n) is 9.07. The number of nitrogens with zero attached hydrogens (tertiary/aromatic N) is 1. The number of hydrogen-bond donors (Lipinski definition) is 3. The molecule has 0 radical (unpaired) electrons. The number of nitrogens with one attached hydrogen (secondary N) is 3. The molecule has 3 aromatic rings. The molecular formula is C24H32N4O3S. The van der Waals surface area contributed by atoms with Crippen molar-refractivity contribution in [1.82, 2.24) is 19.9 Å². The van der Waals surface area contributed by atoms with Crippen LogP contribution in [0.5, 0.6) is 5.75 Å². The topological polar surface area (TPSA) is 91.9 Å². The third-order valence-electron chi connectivity index (χ3n) is 7.03. The van der Waals surface area contributed by atoms with Gasteiger partial charge in [-0.05, 0) is 61.5 Å². The molecule has 0 spiro atoms. The molecule has 2 aromatic heterocycles. The van der Waals surface area contributed by atoms with Gasteiger partial charge in [0.1, 0.15) is 11.3 Å². The molecular weight excluding hydrogens is 424 g/mol. The lowest BCUT2D eigenvalue weighted by molar-refractivity contribution is -0.122. The van der Waals surface area contributed by atoms with E-state index in [1.165, 1.54) is 12.8 Å². The molecule has 2 heterocycles. The molecule has 0 aliphatic heterocycles. The van der Waals surface area contributed by atoms with Crippen LogP contribution in [0.3, 0.4) is 0 Å². The highest BCUT2D eigenvalue weighted by Crippen LogP contribution is 2.29. The fraction of sp³-hybridized carbons (Fsp3) is 0.542. The number of aromatic amines is 2. The minimum absolute atomic E-state index is 0.105. The van der Waals surface area contributed by atoms with E-state index in [0.29, 0.717) is 53.4 Å². The van der Waals surface area contributed by atoms with E-state index < -0.39 is 0 Å². The van der Waals surface area contributed by atoms with Crippen LogP contribution >= 0.6 is 12.2 Å². The zero-order valence-electron chi connectivity index (χ0n) is 19.0. The van der Waals surface area contributed by atoms with Crippen molar-refractivity contribution in [2.75, 3.05) is 7.11 Å². The molecule has 32 heavy (non-hydrogen) atoms. The molecule has 1 aliphatic carbocycles. The minimum atomic E-state index is -0.145. The highest BCUT2D eigenvalue weighted by molar-refractivity contribution is 7.71. The summed E-state index contributed by atoms with van der Waals surface area (Å²) in [6.45, 7) is 4.98. The van der Waals surface area contributed by atoms with Gasteiger partial charge in [-0.15, -0.1) is 0 Å². The van der Waals surface area contributed by atoms with Gasteiger partial charge in [0.2, 0.25) is 5.91 Å². The fourth-order valence-electron chi connectivity index (χ4n) is 4.81. The van der Waals surface area contributed by atoms with Gasteiger partial charge in [0.25, 0.3) is 5.56 Å². The second-order valence-corrected chi connectivity index (χ2v) is 9.46. The van der Waals surface area contributed by atoms with E-state index in [9.17, 15) is 9.59 Å². The maximum absolute atomic E-state index is 13.1. The number of carbonyl (C=O) groups excluding carboxylic acids is 1. The predicted molar refractivity (Wildman–Crippen MR) is 130 cm³/mol. The first-order chi connectivity index (χ1) is 15.4. The molecule has 7 nitrogen and oxygen atoms in total. The van der Waals surface area contributed by atoms with Crippen molar-refractivity contribution in [2.45, 2.75) is 65.0 Å². The largest absolute Gasteiger partial charge is 0.497 e. The van der Waals surface area contributed by atoms with Gasteiger partial charge >= 0.3 is 0 Å². The average Bonchev–Trinajstić information content (AvgIpc) is 3.14. The van der Waals surface area contributed by atoms with Crippen molar-refractivity contribution in [2.24, 2.45) is 11.8 Å². The summed E-state index contributed by atoms with van der Waals surface area (Å²) >= 11 is 5.47. The molecule has 3 N–H and O–H groups in total. The molecule has 8 heteroatoms. The Kier molecular flexibility index (Phi) is 6.69. The zero-order valence-corrected chi connectivity index (χ0v) is 19.8. The highest BCUT2D eigenvalue weighted by atomic mass is 32.1. The molecule has 0 unspecified atom stereocenters. The number of hydrogen-bond acceptors (Lipinski definition) is 4. The lowest BCUT2D eigenvalue weighted by atomic mass is 9.78. The lowest BCUT2D eigenvalue weighted by Crippen LogP contribution is -2.43. The Morgan fingerprint density at radius 1 is 1.22 bits per heavy atom. The molecule has 1 aromatic carbocycles. The van der Waals surface area contributed by atoms with Crippen molar-refractivity contribution in [1.29, 1.82) is 0 Å². The Bertz CT molecular complexity index is 1240. The van der Waals surface area contributed by atoms with Gasteiger partial charge in [-0.2, -0.15) is 0 Å². The van der Waals surface area contributed by atoms with E-state index in [2.05, 4.69) is 29.1 Å². The zero-order chi connectivity index (χ0) is 22.8. The number of methoxy groups -OCH3 is 1. The fourth-order valence-corrected chi connectivity index (χ4v) is 5.09. The molecule has 0 bridgehead atoms. The molecule has 1 amide bonds. The Morgan fingerprint density at radius 3 is 2.81 bits per heavy atom. The summed E-state index contributed by atoms with van der Waals surface area (Å²) in [6, 6.07) is 5.91. The third kappa shape index (κ3) is 4.46. The summed E-state index contributed by atoms with van der Waals surface area (Å²) in [4.78, 5) is 31.9. The number of unbranched alkanes of at least 4 members (excludes halogenated alkanes) is 1. The molecule has 1 saturated carbocycles. The first-order valence-corrected chi connectivity index (χ1v) is 11.9. The van der Waals surface area contributed by atoms with Crippen LogP contribution in [0.25, 0.3) is 21.9 Å². The summed E-state index contributed by atoms with van der Waals surface area (Å²) in [5.74, 6) is 2.00. The molecule has 1 fully saturated rings. The summed E-state index contributed by atoms with van der Waals surface area (Å²) in [5, 5.41) is 4.09. The van der Waals surface area contributed by atoms with E-state index in [1.54, 1.807) is 11.7 Å². The Balaban J connectivity index is 1.40. The first kappa shape index (κ1) is 22.6. The van der Waals surface area contributed by atoms with Crippen LogP contribution in [-0.4, -0.2) is 33.6 Å². The first-order valence-electron chi connectivity index (χ1n) is 11.5. The number of fused-ring (bicyclic) bond motifs is 3. The van der Waals surface area contributed by atoms with E-state index in [4.69, 9.17) is 17.0 Å². The number of rotatable bonds is 7. The van der Waals surface area contributed by atoms with Gasteiger partial charge in [-0.1, -0.05) is 26.7 Å². The van der Waals surface area contributed by atoms with Crippen molar-refractivity contribution >= 4 is 40.1 Å². The van der Waals surface area contributed by atoms with Crippen molar-refractivity contribution in [3.8, 4) is 5.75 Å². The van der Waals surface area contributed by atoms with Crippen LogP contribution in [0.4, 0.5) is 0 Å². The SMILES string of the molecule is COc1ccc2[nH]c3c(=O)n(CCCCC(=O)N[C@@H]4CCC[C@H](C)[C@H]4C)c(=S)[nH]c3c2c1. The molecule has 172 valence electrons. The van der Waals surface area contributed by atoms with Crippen LogP contribution in [-0.2, 0) is 11.3 Å². The van der Waals surface area contributed by atoms with Gasteiger partial charge in [0, 0.05) is 29.9 Å². The highest BCUT2D eigenvalue weighted by Gasteiger charge is 2.27. The third-order valence-corrected chi connectivity index (χ3v) is 7.35. The average molecular weight is 457 g/mol. The summed E-state index contributed by atoms with van der Waals surface area (Å²) in [7, 11) is 1.61. The van der Waals surface area contributed by atoms with Crippen LogP contribution < -0.4 is 15.6 Å². The maximum Gasteiger partial charge on any atom is 0.278 e. The number of benzene rings is 1. The Hall–Kier alpha value is -2.61. The standard InChI is InChI=1S/C24H32N4O3S/c1-14-7-6-8-18(15(14)2)25-20(29)9-4-5-12-28-23(30)22-21(27-24(28)32)17-13-16(31-3)10-11-19(17)26-22/h10-11,13-15,18,26H,4-9,12H2,1-3H3,(H,25,29)(H,27,32)/t14-,15+,18+/m0/s1. The number of carbonyl (C=O) groups is 1. The van der Waals surface area contributed by atoms with Crippen LogP contribution in [0.15, 0.2) is 23.0 Å². The van der Waals surface area contributed by atoms with Gasteiger partial charge < -0.3 is 20.0 Å². The van der Waals surface area contributed by atoms with Crippen LogP contribution in [0, 0.1) is 16.6 Å². The minimum Gasteiger partial charge on any atom is -0.497 e. The molecule has 4 rings (SSSR count). The summed E-state index contributed by atoms with van der Waals surface area (Å²) < 4.78 is 7.26. The predicted octanol–water partition coefficient (Wildman–Crippen LogP) is 4.66. The van der Waals surface area contributed by atoms with Crippen LogP contribution in [0.1, 0.15) is 52.4 Å². The van der Waals surface area contributed by atoms with Crippen LogP contribution in [0.2, 0.25) is 0 Å². The quantitative estimate of drug-likeness (QED) is 0.356. The molecule has 1 aliphatic rings. The van der Waals surface area contributed by atoms with E-state index in [1.807, 2.05) is 18.2 Å². The lowest BCUT2D eigenvalue weighted by Gasteiger charge is -2.34. The normalized spacial score (nSPS) is 21.2. The number of aromatic nitrogens is 3. The number of amides is 1. The summed E-state index contributed by atoms with van der Waals surface area (Å²) in [5.41, 5.74) is 1.90. The van der Waals surface area contributed by atoms with Gasteiger partial charge in [0.15, 0.2) is 4.77 Å². The molecule has 3 atom stereocenters. The van der Waals surface area contributed by atoms with Gasteiger partial charge in [0.05, 0.1) is 12.6 Å². The Morgan fingerprint density at radius 2 is 2.03 bits per heavy atom. The monoisotopic (exact) mass is 456 g/mol. The molecule has 0 saturated heterocycles. The summed E-state index contributed by atoms with van der Waals surface area (Å²) in [6.07, 6.45) is 5.39. The van der Waals surface area contributed by atoms with Crippen molar-refractivity contribution in [3.05, 3.63) is 33.3 Å². The van der Waals surface area contributed by atoms with Gasteiger partial charge in [-0.3, -0.25) is 14.2 Å². The number of H-pyrrole nitrogens is 2. The van der Waals surface area contributed by atoms with Gasteiger partial charge in [-0.25, -0.2) is 0 Å². The van der Waals surface area contributed by atoms with Crippen molar-refractivity contribution in [3.63, 3.8) is 0 Å². The number of ether oxygens (including phenoxy) is 1. The smallest absolute Gasteiger partial charge is 0.278 e. The van der Waals surface area contributed by atoms with E-state index >= 15 is 0 Å². The van der Waals surface area contributed by atoms with E-state index in [0.717, 1.165) is 23.1 Å². The van der Waals surface area contributed by atoms with Crippen molar-refractivity contribution < 1.29 is 9.53 Å². The maximum atomic E-state index is 13.1.